The van der Waals surface area contributed by atoms with Crippen molar-refractivity contribution in [3.8, 4) is 23.1 Å². The van der Waals surface area contributed by atoms with Crippen molar-refractivity contribution in [1.29, 1.82) is 5.26 Å². The van der Waals surface area contributed by atoms with Crippen molar-refractivity contribution in [2.45, 2.75) is 91.9 Å². The van der Waals surface area contributed by atoms with Crippen molar-refractivity contribution < 1.29 is 46.9 Å². The predicted molar refractivity (Wildman–Crippen MR) is 241 cm³/mol. The molecule has 20 heteroatoms. The minimum absolute atomic E-state index is 0.0272. The third-order valence-corrected chi connectivity index (χ3v) is 13.5. The summed E-state index contributed by atoms with van der Waals surface area (Å²) in [7, 11) is -3.40. The molecule has 0 spiro atoms. The standard InChI is InChI=1S/C45H63N9O10S/c1-9-44(8,40(57)48-25-32(3)55)28-42(4,5)39(56)47-18-20-61-21-22-62-23-24-63-35-13-11-34(12-14-35)43(6,7)64-41(58)53-19-15-36-37(49-31-50-38(36)53)33-26-51-54(27-33)45(16-17-46)29-52(30-45)65(59,60)10-2/h11-15,19,26-27,31-32,55H,9-10,16,18,20-25,28-30H2,1-8H3,(H,47,56)(H,48,57). The number of amides is 2. The van der Waals surface area contributed by atoms with Crippen LogP contribution in [0.15, 0.2) is 55.2 Å². The van der Waals surface area contributed by atoms with Crippen molar-refractivity contribution in [1.82, 2.24) is 39.3 Å². The van der Waals surface area contributed by atoms with E-state index in [0.29, 0.717) is 80.5 Å². The average Bonchev–Trinajstić information content (AvgIpc) is 3.93. The summed E-state index contributed by atoms with van der Waals surface area (Å²) in [6.45, 7) is 16.5. The van der Waals surface area contributed by atoms with Gasteiger partial charge in [-0.3, -0.25) is 14.3 Å². The molecule has 65 heavy (non-hydrogen) atoms. The normalized spacial score (nSPS) is 15.6. The van der Waals surface area contributed by atoms with E-state index in [-0.39, 0.29) is 43.6 Å². The first kappa shape index (κ1) is 50.5. The number of hydrogen-bond donors (Lipinski definition) is 3. The molecule has 1 aliphatic rings. The molecule has 2 amide bonds. The number of fused-ring (bicyclic) bond motifs is 1. The molecule has 19 nitrogen and oxygen atoms in total. The van der Waals surface area contributed by atoms with E-state index >= 15 is 0 Å². The van der Waals surface area contributed by atoms with Crippen molar-refractivity contribution >= 4 is 39.0 Å². The number of rotatable bonds is 24. The van der Waals surface area contributed by atoms with Gasteiger partial charge in [-0.2, -0.15) is 14.7 Å². The number of carbonyl (C=O) groups is 3. The maximum Gasteiger partial charge on any atom is 0.420 e. The Hall–Kier alpha value is -5.46. The van der Waals surface area contributed by atoms with Crippen LogP contribution in [0.4, 0.5) is 4.79 Å². The first-order valence-electron chi connectivity index (χ1n) is 21.8. The van der Waals surface area contributed by atoms with Crippen LogP contribution in [0, 0.1) is 22.2 Å². The summed E-state index contributed by atoms with van der Waals surface area (Å²) in [6, 6.07) is 11.1. The van der Waals surface area contributed by atoms with Crippen LogP contribution in [0.2, 0.25) is 0 Å². The highest BCUT2D eigenvalue weighted by atomic mass is 32.2. The lowest BCUT2D eigenvalue weighted by molar-refractivity contribution is -0.137. The minimum atomic E-state index is -3.40. The molecule has 3 N–H and O–H groups in total. The van der Waals surface area contributed by atoms with Gasteiger partial charge in [0.2, 0.25) is 21.8 Å². The van der Waals surface area contributed by atoms with Crippen LogP contribution in [0.25, 0.3) is 22.3 Å². The highest BCUT2D eigenvalue weighted by Crippen LogP contribution is 2.38. The largest absolute Gasteiger partial charge is 0.491 e. The lowest BCUT2D eigenvalue weighted by atomic mass is 9.71. The van der Waals surface area contributed by atoms with E-state index < -0.39 is 44.2 Å². The third kappa shape index (κ3) is 12.3. The Morgan fingerprint density at radius 2 is 1.63 bits per heavy atom. The molecule has 2 unspecified atom stereocenters. The molecular formula is C45H63N9O10S. The quantitative estimate of drug-likeness (QED) is 0.0829. The van der Waals surface area contributed by atoms with Gasteiger partial charge in [0.1, 0.15) is 29.8 Å². The molecule has 1 aromatic carbocycles. The zero-order valence-corrected chi connectivity index (χ0v) is 39.4. The lowest BCUT2D eigenvalue weighted by Crippen LogP contribution is -2.64. The lowest BCUT2D eigenvalue weighted by Gasteiger charge is -2.47. The van der Waals surface area contributed by atoms with Gasteiger partial charge >= 0.3 is 6.09 Å². The number of aliphatic hydroxyl groups excluding tert-OH is 1. The summed E-state index contributed by atoms with van der Waals surface area (Å²) >= 11 is 0. The van der Waals surface area contributed by atoms with E-state index in [1.807, 2.05) is 39.8 Å². The molecule has 1 fully saturated rings. The van der Waals surface area contributed by atoms with E-state index in [0.717, 1.165) is 5.56 Å². The molecule has 4 heterocycles. The second-order valence-corrected chi connectivity index (χ2v) is 20.1. The topological polar surface area (TPSA) is 242 Å². The fraction of sp³-hybridized carbons (Fsp3) is 0.578. The van der Waals surface area contributed by atoms with E-state index in [4.69, 9.17) is 18.9 Å². The summed E-state index contributed by atoms with van der Waals surface area (Å²) in [5, 5.41) is 29.8. The minimum Gasteiger partial charge on any atom is -0.491 e. The van der Waals surface area contributed by atoms with Gasteiger partial charge in [-0.05, 0) is 64.3 Å². The fourth-order valence-corrected chi connectivity index (χ4v) is 8.92. The Bertz CT molecular complexity index is 2420. The zero-order valence-electron chi connectivity index (χ0n) is 38.6. The zero-order chi connectivity index (χ0) is 47.6. The number of nitrogens with one attached hydrogen (secondary N) is 2. The SMILES string of the molecule is CCC(C)(CC(C)(C)C(=O)NCCOCCOCCOc1ccc(C(C)(C)OC(=O)n2ccc3c(-c4cnn(C5(CC#N)CN(S(=O)(=O)CC)C5)c4)ncnc32)cc1)C(=O)NCC(C)O. The molecule has 5 rings (SSSR count). The Morgan fingerprint density at radius 3 is 2.28 bits per heavy atom. The second-order valence-electron chi connectivity index (χ2n) is 17.8. The molecule has 0 bridgehead atoms. The van der Waals surface area contributed by atoms with Crippen molar-refractivity contribution in [3.05, 3.63) is 60.8 Å². The second kappa shape index (κ2) is 21.2. The number of aromatic nitrogens is 5. The van der Waals surface area contributed by atoms with Crippen LogP contribution >= 0.6 is 0 Å². The molecule has 2 atom stereocenters. The maximum atomic E-state index is 13.6. The number of sulfonamides is 1. The van der Waals surface area contributed by atoms with Gasteiger partial charge in [0.25, 0.3) is 0 Å². The van der Waals surface area contributed by atoms with Crippen LogP contribution in [-0.4, -0.2) is 131 Å². The van der Waals surface area contributed by atoms with E-state index in [2.05, 4.69) is 31.8 Å². The van der Waals surface area contributed by atoms with Gasteiger partial charge in [-0.25, -0.2) is 27.7 Å². The van der Waals surface area contributed by atoms with Gasteiger partial charge < -0.3 is 34.7 Å². The number of ether oxygens (including phenoxy) is 4. The number of nitrogens with zero attached hydrogens (tertiary/aromatic N) is 7. The highest BCUT2D eigenvalue weighted by molar-refractivity contribution is 7.89. The molecule has 0 saturated carbocycles. The van der Waals surface area contributed by atoms with Gasteiger partial charge in [0.15, 0.2) is 5.65 Å². The fourth-order valence-electron chi connectivity index (χ4n) is 7.68. The number of nitriles is 1. The summed E-state index contributed by atoms with van der Waals surface area (Å²) in [5.74, 6) is 0.226. The number of benzene rings is 1. The van der Waals surface area contributed by atoms with E-state index in [9.17, 15) is 33.2 Å². The monoisotopic (exact) mass is 921 g/mol. The molecule has 1 aliphatic heterocycles. The van der Waals surface area contributed by atoms with Crippen LogP contribution < -0.4 is 15.4 Å². The molecule has 0 aliphatic carbocycles. The van der Waals surface area contributed by atoms with Crippen molar-refractivity contribution in [3.63, 3.8) is 0 Å². The molecule has 3 aromatic heterocycles. The Balaban J connectivity index is 1.03. The molecule has 4 aromatic rings. The summed E-state index contributed by atoms with van der Waals surface area (Å²) in [4.78, 5) is 48.2. The van der Waals surface area contributed by atoms with Gasteiger partial charge in [-0.15, -0.1) is 0 Å². The van der Waals surface area contributed by atoms with Gasteiger partial charge in [0, 0.05) is 60.4 Å². The van der Waals surface area contributed by atoms with E-state index in [1.165, 1.54) is 15.2 Å². The number of aliphatic hydroxyl groups is 1. The van der Waals surface area contributed by atoms with Gasteiger partial charge in [0.05, 0.1) is 62.7 Å². The van der Waals surface area contributed by atoms with Crippen LogP contribution in [0.1, 0.15) is 80.2 Å². The summed E-state index contributed by atoms with van der Waals surface area (Å²) in [6.07, 6.45) is 5.91. The van der Waals surface area contributed by atoms with Crippen LogP contribution in [0.5, 0.6) is 5.75 Å². The summed E-state index contributed by atoms with van der Waals surface area (Å²) < 4.78 is 52.2. The maximum absolute atomic E-state index is 13.6. The first-order valence-corrected chi connectivity index (χ1v) is 23.4. The van der Waals surface area contributed by atoms with Crippen LogP contribution in [0.3, 0.4) is 0 Å². The third-order valence-electron chi connectivity index (χ3n) is 11.8. The molecule has 0 radical (unpaired) electrons. The predicted octanol–water partition coefficient (Wildman–Crippen LogP) is 4.35. The highest BCUT2D eigenvalue weighted by Gasteiger charge is 2.50. The Kier molecular flexibility index (Phi) is 16.5. The van der Waals surface area contributed by atoms with E-state index in [1.54, 1.807) is 69.2 Å². The van der Waals surface area contributed by atoms with Crippen molar-refractivity contribution in [2.24, 2.45) is 10.8 Å². The Morgan fingerprint density at radius 1 is 0.954 bits per heavy atom. The van der Waals surface area contributed by atoms with Crippen LogP contribution in [-0.2, 0) is 45.0 Å². The van der Waals surface area contributed by atoms with Crippen molar-refractivity contribution in [2.75, 3.05) is 65.0 Å². The summed E-state index contributed by atoms with van der Waals surface area (Å²) in [5.41, 5.74) is -1.21. The number of carbonyl (C=O) groups excluding carboxylic acids is 3. The smallest absolute Gasteiger partial charge is 0.420 e. The molecule has 354 valence electrons. The first-order chi connectivity index (χ1) is 30.7. The van der Waals surface area contributed by atoms with Gasteiger partial charge in [-0.1, -0.05) is 39.8 Å². The Labute approximate surface area is 380 Å². The average molecular weight is 922 g/mol. The molecular weight excluding hydrogens is 859 g/mol. The number of hydrogen-bond acceptors (Lipinski definition) is 14. The molecule has 1 saturated heterocycles.